The van der Waals surface area contributed by atoms with E-state index in [4.69, 9.17) is 0 Å². The molecule has 0 aromatic heterocycles. The number of carbonyl (C=O) groups is 1. The molecule has 0 fully saturated rings. The molecule has 0 heterocycles. The number of anilines is 1. The van der Waals surface area contributed by atoms with Crippen LogP contribution < -0.4 is 4.90 Å². The zero-order chi connectivity index (χ0) is 13.8. The number of nitro benzene ring substituents is 1. The van der Waals surface area contributed by atoms with Crippen molar-refractivity contribution in [2.24, 2.45) is 0 Å². The van der Waals surface area contributed by atoms with E-state index in [1.54, 1.807) is 42.5 Å². The molecular weight excluding hydrogens is 244 g/mol. The van der Waals surface area contributed by atoms with Gasteiger partial charge in [-0.05, 0) is 18.2 Å². The van der Waals surface area contributed by atoms with E-state index in [1.807, 2.05) is 6.07 Å². The van der Waals surface area contributed by atoms with Gasteiger partial charge >= 0.3 is 0 Å². The van der Waals surface area contributed by atoms with E-state index in [1.165, 1.54) is 18.0 Å². The minimum absolute atomic E-state index is 0.0886. The molecule has 5 nitrogen and oxygen atoms in total. The van der Waals surface area contributed by atoms with Gasteiger partial charge in [0.1, 0.15) is 5.69 Å². The van der Waals surface area contributed by atoms with E-state index in [0.717, 1.165) is 0 Å². The fraction of sp³-hybridized carbons (Fsp3) is 0.0714. The van der Waals surface area contributed by atoms with Crippen LogP contribution in [0.2, 0.25) is 0 Å². The highest BCUT2D eigenvalue weighted by Crippen LogP contribution is 2.27. The SMILES string of the molecule is CN(C(=O)c1ccccc1)c1ccccc1[N+](=O)[O-]. The summed E-state index contributed by atoms with van der Waals surface area (Å²) in [5.41, 5.74) is 0.679. The van der Waals surface area contributed by atoms with Crippen LogP contribution in [-0.4, -0.2) is 17.9 Å². The second-order valence-corrected chi connectivity index (χ2v) is 3.98. The summed E-state index contributed by atoms with van der Waals surface area (Å²) in [7, 11) is 1.53. The first kappa shape index (κ1) is 12.8. The summed E-state index contributed by atoms with van der Waals surface area (Å²) in [6.07, 6.45) is 0. The minimum atomic E-state index is -0.496. The largest absolute Gasteiger partial charge is 0.305 e. The molecule has 0 spiro atoms. The summed E-state index contributed by atoms with van der Waals surface area (Å²) in [4.78, 5) is 24.0. The van der Waals surface area contributed by atoms with Crippen molar-refractivity contribution < 1.29 is 9.72 Å². The monoisotopic (exact) mass is 256 g/mol. The molecule has 19 heavy (non-hydrogen) atoms. The zero-order valence-electron chi connectivity index (χ0n) is 10.3. The summed E-state index contributed by atoms with van der Waals surface area (Å²) in [6, 6.07) is 14.8. The normalized spacial score (nSPS) is 9.95. The predicted octanol–water partition coefficient (Wildman–Crippen LogP) is 2.87. The molecule has 0 N–H and O–H groups in total. The molecule has 0 radical (unpaired) electrons. The summed E-state index contributed by atoms with van der Waals surface area (Å²) >= 11 is 0. The Morgan fingerprint density at radius 1 is 1.05 bits per heavy atom. The van der Waals surface area contributed by atoms with Crippen LogP contribution in [0.15, 0.2) is 54.6 Å². The molecule has 5 heteroatoms. The Bertz CT molecular complexity index is 611. The topological polar surface area (TPSA) is 63.5 Å². The molecule has 2 aromatic rings. The summed E-state index contributed by atoms with van der Waals surface area (Å²) in [5.74, 6) is -0.282. The average Bonchev–Trinajstić information content (AvgIpc) is 2.46. The van der Waals surface area contributed by atoms with Crippen molar-refractivity contribution in [3.8, 4) is 0 Å². The van der Waals surface area contributed by atoms with Crippen molar-refractivity contribution in [2.75, 3.05) is 11.9 Å². The first-order chi connectivity index (χ1) is 9.11. The smallest absolute Gasteiger partial charge is 0.292 e. The van der Waals surface area contributed by atoms with Gasteiger partial charge in [-0.15, -0.1) is 0 Å². The Hall–Kier alpha value is -2.69. The summed E-state index contributed by atoms with van der Waals surface area (Å²) < 4.78 is 0. The number of benzene rings is 2. The van der Waals surface area contributed by atoms with Gasteiger partial charge in [-0.1, -0.05) is 30.3 Å². The van der Waals surface area contributed by atoms with Crippen LogP contribution in [0.3, 0.4) is 0 Å². The molecule has 0 bridgehead atoms. The maximum Gasteiger partial charge on any atom is 0.292 e. The van der Waals surface area contributed by atoms with Crippen molar-refractivity contribution in [3.63, 3.8) is 0 Å². The first-order valence-electron chi connectivity index (χ1n) is 5.68. The number of carbonyl (C=O) groups excluding carboxylic acids is 1. The Kier molecular flexibility index (Phi) is 3.56. The van der Waals surface area contributed by atoms with Gasteiger partial charge in [0.2, 0.25) is 0 Å². The van der Waals surface area contributed by atoms with Gasteiger partial charge in [0.25, 0.3) is 11.6 Å². The number of nitrogens with zero attached hydrogens (tertiary/aromatic N) is 2. The fourth-order valence-corrected chi connectivity index (χ4v) is 1.79. The van der Waals surface area contributed by atoms with Crippen molar-refractivity contribution in [1.82, 2.24) is 0 Å². The molecule has 1 amide bonds. The van der Waals surface area contributed by atoms with Crippen LogP contribution >= 0.6 is 0 Å². The number of nitro groups is 1. The number of para-hydroxylation sites is 2. The van der Waals surface area contributed by atoms with Crippen molar-refractivity contribution in [1.29, 1.82) is 0 Å². The maximum atomic E-state index is 12.2. The second kappa shape index (κ2) is 5.30. The highest BCUT2D eigenvalue weighted by molar-refractivity contribution is 6.06. The van der Waals surface area contributed by atoms with E-state index in [2.05, 4.69) is 0 Å². The van der Waals surface area contributed by atoms with Crippen LogP contribution in [0.5, 0.6) is 0 Å². The average molecular weight is 256 g/mol. The Morgan fingerprint density at radius 3 is 2.26 bits per heavy atom. The van der Waals surface area contributed by atoms with Crippen LogP contribution in [0.1, 0.15) is 10.4 Å². The standard InChI is InChI=1S/C14H12N2O3/c1-15(14(17)11-7-3-2-4-8-11)12-9-5-6-10-13(12)16(18)19/h2-10H,1H3. The van der Waals surface area contributed by atoms with E-state index in [9.17, 15) is 14.9 Å². The van der Waals surface area contributed by atoms with Gasteiger partial charge in [-0.25, -0.2) is 0 Å². The van der Waals surface area contributed by atoms with E-state index in [-0.39, 0.29) is 17.3 Å². The van der Waals surface area contributed by atoms with Crippen LogP contribution in [0.4, 0.5) is 11.4 Å². The molecule has 2 rings (SSSR count). The number of hydrogen-bond acceptors (Lipinski definition) is 3. The van der Waals surface area contributed by atoms with Gasteiger partial charge in [0.05, 0.1) is 4.92 Å². The Balaban J connectivity index is 2.38. The third-order valence-corrected chi connectivity index (χ3v) is 2.77. The van der Waals surface area contributed by atoms with Gasteiger partial charge < -0.3 is 4.90 Å². The molecule has 0 saturated carbocycles. The molecule has 2 aromatic carbocycles. The molecule has 0 aliphatic heterocycles. The molecule has 96 valence electrons. The summed E-state index contributed by atoms with van der Waals surface area (Å²) in [6.45, 7) is 0. The predicted molar refractivity (Wildman–Crippen MR) is 72.3 cm³/mol. The lowest BCUT2D eigenvalue weighted by Gasteiger charge is -2.17. The van der Waals surface area contributed by atoms with E-state index in [0.29, 0.717) is 5.56 Å². The van der Waals surface area contributed by atoms with Crippen LogP contribution in [0.25, 0.3) is 0 Å². The van der Waals surface area contributed by atoms with E-state index < -0.39 is 4.92 Å². The van der Waals surface area contributed by atoms with Crippen molar-refractivity contribution in [3.05, 3.63) is 70.3 Å². The molecule has 0 atom stereocenters. The zero-order valence-corrected chi connectivity index (χ0v) is 10.3. The molecule has 0 aliphatic rings. The van der Waals surface area contributed by atoms with Gasteiger partial charge in [0.15, 0.2) is 0 Å². The number of amides is 1. The van der Waals surface area contributed by atoms with Crippen LogP contribution in [-0.2, 0) is 0 Å². The van der Waals surface area contributed by atoms with Crippen molar-refractivity contribution in [2.45, 2.75) is 0 Å². The summed E-state index contributed by atoms with van der Waals surface area (Å²) in [5, 5.41) is 11.0. The van der Waals surface area contributed by atoms with Gasteiger partial charge in [0, 0.05) is 18.7 Å². The lowest BCUT2D eigenvalue weighted by molar-refractivity contribution is -0.384. The Labute approximate surface area is 110 Å². The van der Waals surface area contributed by atoms with Crippen molar-refractivity contribution >= 4 is 17.3 Å². The van der Waals surface area contributed by atoms with Crippen LogP contribution in [0, 0.1) is 10.1 Å². The molecule has 0 saturated heterocycles. The maximum absolute atomic E-state index is 12.2. The lowest BCUT2D eigenvalue weighted by Crippen LogP contribution is -2.26. The van der Waals surface area contributed by atoms with Gasteiger partial charge in [-0.2, -0.15) is 0 Å². The fourth-order valence-electron chi connectivity index (χ4n) is 1.79. The molecule has 0 aliphatic carbocycles. The molecule has 0 unspecified atom stereocenters. The third-order valence-electron chi connectivity index (χ3n) is 2.77. The highest BCUT2D eigenvalue weighted by atomic mass is 16.6. The third kappa shape index (κ3) is 2.60. The number of hydrogen-bond donors (Lipinski definition) is 0. The minimum Gasteiger partial charge on any atom is -0.305 e. The quantitative estimate of drug-likeness (QED) is 0.626. The number of rotatable bonds is 3. The first-order valence-corrected chi connectivity index (χ1v) is 5.68. The second-order valence-electron chi connectivity index (χ2n) is 3.98. The Morgan fingerprint density at radius 2 is 1.63 bits per heavy atom. The van der Waals surface area contributed by atoms with Gasteiger partial charge in [-0.3, -0.25) is 14.9 Å². The lowest BCUT2D eigenvalue weighted by atomic mass is 10.2. The highest BCUT2D eigenvalue weighted by Gasteiger charge is 2.21. The molecular formula is C14H12N2O3. The van der Waals surface area contributed by atoms with E-state index >= 15 is 0 Å².